The maximum Gasteiger partial charge on any atom is 0.329 e. The topological polar surface area (TPSA) is 78.4 Å². The van der Waals surface area contributed by atoms with Crippen LogP contribution in [-0.2, 0) is 17.6 Å². The molecule has 0 aliphatic carbocycles. The molecule has 1 fully saturated rings. The molecule has 138 valence electrons. The Kier molecular flexibility index (Phi) is 5.82. The second-order valence-electron chi connectivity index (χ2n) is 6.20. The van der Waals surface area contributed by atoms with Gasteiger partial charge in [-0.3, -0.25) is 19.1 Å². The average Bonchev–Trinajstić information content (AvgIpc) is 2.66. The molecule has 1 aromatic carbocycles. The van der Waals surface area contributed by atoms with Crippen LogP contribution in [0, 0.1) is 0 Å². The van der Waals surface area contributed by atoms with Gasteiger partial charge in [-0.05, 0) is 5.56 Å². The van der Waals surface area contributed by atoms with Crippen LogP contribution in [-0.4, -0.2) is 52.3 Å². The molecule has 1 aliphatic rings. The van der Waals surface area contributed by atoms with Crippen molar-refractivity contribution >= 4 is 23.5 Å². The first kappa shape index (κ1) is 18.3. The molecular weight excluding hydrogens is 352 g/mol. The van der Waals surface area contributed by atoms with Gasteiger partial charge in [-0.1, -0.05) is 30.3 Å². The molecule has 1 aliphatic heterocycles. The van der Waals surface area contributed by atoms with Gasteiger partial charge in [-0.2, -0.15) is 0 Å². The summed E-state index contributed by atoms with van der Waals surface area (Å²) < 4.78 is 1.03. The summed E-state index contributed by atoms with van der Waals surface area (Å²) in [4.78, 5) is 42.3. The molecule has 0 spiro atoms. The van der Waals surface area contributed by atoms with Crippen molar-refractivity contribution < 1.29 is 4.79 Å². The Hall–Kier alpha value is -2.48. The lowest BCUT2D eigenvalue weighted by atomic mass is 10.2. The van der Waals surface area contributed by atoms with Crippen molar-refractivity contribution in [3.05, 3.63) is 62.8 Å². The molecule has 0 unspecified atom stereocenters. The van der Waals surface area contributed by atoms with Crippen LogP contribution in [0.15, 0.2) is 46.0 Å². The summed E-state index contributed by atoms with van der Waals surface area (Å²) >= 11 is 1.61. The standard InChI is InChI=1S/C18H22N4O3S/c1-20-16(23)11-15(19-18(20)25)21-7-9-22(10-8-21)17(24)13-26-12-14-5-3-2-4-6-14/h2-6,11H,7-10,12-13H2,1H3,(H,19,25). The Balaban J connectivity index is 1.49. The molecule has 2 heterocycles. The predicted octanol–water partition coefficient (Wildman–Crippen LogP) is 0.656. The minimum absolute atomic E-state index is 0.128. The van der Waals surface area contributed by atoms with E-state index in [1.54, 1.807) is 11.8 Å². The van der Waals surface area contributed by atoms with E-state index in [9.17, 15) is 14.4 Å². The number of hydrogen-bond acceptors (Lipinski definition) is 5. The van der Waals surface area contributed by atoms with E-state index >= 15 is 0 Å². The van der Waals surface area contributed by atoms with Gasteiger partial charge in [0.1, 0.15) is 5.82 Å². The number of hydrogen-bond donors (Lipinski definition) is 1. The third-order valence-electron chi connectivity index (χ3n) is 4.44. The number of carbonyl (C=O) groups excluding carboxylic acids is 1. The largest absolute Gasteiger partial charge is 0.354 e. The number of nitrogens with one attached hydrogen (secondary N) is 1. The van der Waals surface area contributed by atoms with Gasteiger partial charge >= 0.3 is 5.69 Å². The van der Waals surface area contributed by atoms with Crippen LogP contribution in [0.2, 0.25) is 0 Å². The Morgan fingerprint density at radius 3 is 2.46 bits per heavy atom. The van der Waals surface area contributed by atoms with Gasteiger partial charge in [0.05, 0.1) is 5.75 Å². The number of carbonyl (C=O) groups is 1. The van der Waals surface area contributed by atoms with Crippen molar-refractivity contribution in [1.82, 2.24) is 14.5 Å². The summed E-state index contributed by atoms with van der Waals surface area (Å²) in [6.07, 6.45) is 0. The molecule has 1 saturated heterocycles. The summed E-state index contributed by atoms with van der Waals surface area (Å²) in [5.74, 6) is 1.92. The Morgan fingerprint density at radius 1 is 1.12 bits per heavy atom. The van der Waals surface area contributed by atoms with Gasteiger partial charge in [0.15, 0.2) is 0 Å². The molecule has 1 N–H and O–H groups in total. The van der Waals surface area contributed by atoms with Gasteiger partial charge < -0.3 is 9.80 Å². The summed E-state index contributed by atoms with van der Waals surface area (Å²) in [7, 11) is 1.44. The van der Waals surface area contributed by atoms with Crippen molar-refractivity contribution in [2.75, 3.05) is 36.8 Å². The van der Waals surface area contributed by atoms with Crippen LogP contribution >= 0.6 is 11.8 Å². The maximum atomic E-state index is 12.4. The average molecular weight is 374 g/mol. The summed E-state index contributed by atoms with van der Waals surface area (Å²) in [5, 5.41) is 0. The molecule has 0 bridgehead atoms. The zero-order chi connectivity index (χ0) is 18.5. The highest BCUT2D eigenvalue weighted by molar-refractivity contribution is 7.99. The van der Waals surface area contributed by atoms with E-state index in [2.05, 4.69) is 17.1 Å². The second-order valence-corrected chi connectivity index (χ2v) is 7.19. The highest BCUT2D eigenvalue weighted by Gasteiger charge is 2.22. The van der Waals surface area contributed by atoms with E-state index in [1.165, 1.54) is 18.7 Å². The molecule has 1 amide bonds. The number of aromatic amines is 1. The smallest absolute Gasteiger partial charge is 0.329 e. The zero-order valence-corrected chi connectivity index (χ0v) is 15.5. The Labute approximate surface area is 155 Å². The number of rotatable bonds is 5. The third-order valence-corrected chi connectivity index (χ3v) is 5.43. The molecule has 26 heavy (non-hydrogen) atoms. The maximum absolute atomic E-state index is 12.4. The van der Waals surface area contributed by atoms with Crippen molar-refractivity contribution in [1.29, 1.82) is 0 Å². The molecular formula is C18H22N4O3S. The number of thioether (sulfide) groups is 1. The summed E-state index contributed by atoms with van der Waals surface area (Å²) in [6.45, 7) is 2.36. The lowest BCUT2D eigenvalue weighted by Crippen LogP contribution is -2.50. The van der Waals surface area contributed by atoms with Gasteiger partial charge in [-0.15, -0.1) is 11.8 Å². The van der Waals surface area contributed by atoms with E-state index in [0.29, 0.717) is 37.7 Å². The highest BCUT2D eigenvalue weighted by Crippen LogP contribution is 2.14. The van der Waals surface area contributed by atoms with Gasteiger partial charge in [0.25, 0.3) is 5.56 Å². The van der Waals surface area contributed by atoms with E-state index < -0.39 is 5.69 Å². The third kappa shape index (κ3) is 4.37. The van der Waals surface area contributed by atoms with Crippen LogP contribution in [0.25, 0.3) is 0 Å². The van der Waals surface area contributed by atoms with E-state index in [1.807, 2.05) is 28.0 Å². The fourth-order valence-electron chi connectivity index (χ4n) is 2.83. The van der Waals surface area contributed by atoms with Crippen molar-refractivity contribution in [2.24, 2.45) is 7.05 Å². The molecule has 0 saturated carbocycles. The number of aromatic nitrogens is 2. The Morgan fingerprint density at radius 2 is 1.81 bits per heavy atom. The number of nitrogens with zero attached hydrogens (tertiary/aromatic N) is 3. The molecule has 3 rings (SSSR count). The van der Waals surface area contributed by atoms with Crippen molar-refractivity contribution in [3.8, 4) is 0 Å². The first-order valence-corrected chi connectivity index (χ1v) is 9.65. The summed E-state index contributed by atoms with van der Waals surface area (Å²) in [5.41, 5.74) is 0.451. The van der Waals surface area contributed by atoms with E-state index in [-0.39, 0.29) is 11.5 Å². The lowest BCUT2D eigenvalue weighted by Gasteiger charge is -2.35. The Bertz CT molecular complexity index is 839. The van der Waals surface area contributed by atoms with Crippen molar-refractivity contribution in [2.45, 2.75) is 5.75 Å². The monoisotopic (exact) mass is 374 g/mol. The number of amides is 1. The fourth-order valence-corrected chi connectivity index (χ4v) is 3.72. The molecule has 1 aromatic heterocycles. The quantitative estimate of drug-likeness (QED) is 0.832. The first-order valence-electron chi connectivity index (χ1n) is 8.49. The SMILES string of the molecule is Cn1c(=O)cc(N2CCN(C(=O)CSCc3ccccc3)CC2)[nH]c1=O. The van der Waals surface area contributed by atoms with Crippen LogP contribution in [0.1, 0.15) is 5.56 Å². The van der Waals surface area contributed by atoms with Crippen LogP contribution in [0.4, 0.5) is 5.82 Å². The lowest BCUT2D eigenvalue weighted by molar-refractivity contribution is -0.128. The summed E-state index contributed by atoms with van der Waals surface area (Å²) in [6, 6.07) is 11.5. The van der Waals surface area contributed by atoms with E-state index in [4.69, 9.17) is 0 Å². The van der Waals surface area contributed by atoms with E-state index in [0.717, 1.165) is 10.3 Å². The van der Waals surface area contributed by atoms with Crippen LogP contribution in [0.3, 0.4) is 0 Å². The molecule has 0 atom stereocenters. The fraction of sp³-hybridized carbons (Fsp3) is 0.389. The van der Waals surface area contributed by atoms with Crippen LogP contribution in [0.5, 0.6) is 0 Å². The minimum atomic E-state index is -0.427. The zero-order valence-electron chi connectivity index (χ0n) is 14.7. The van der Waals surface area contributed by atoms with Crippen LogP contribution < -0.4 is 16.1 Å². The normalized spacial score (nSPS) is 14.5. The number of anilines is 1. The predicted molar refractivity (Wildman–Crippen MR) is 104 cm³/mol. The molecule has 2 aromatic rings. The van der Waals surface area contributed by atoms with Crippen molar-refractivity contribution in [3.63, 3.8) is 0 Å². The van der Waals surface area contributed by atoms with Gasteiger partial charge in [-0.25, -0.2) is 4.79 Å². The number of H-pyrrole nitrogens is 1. The molecule has 7 nitrogen and oxygen atoms in total. The molecule has 0 radical (unpaired) electrons. The number of piperazine rings is 1. The second kappa shape index (κ2) is 8.27. The highest BCUT2D eigenvalue weighted by atomic mass is 32.2. The number of benzene rings is 1. The minimum Gasteiger partial charge on any atom is -0.354 e. The molecule has 8 heteroatoms. The first-order chi connectivity index (χ1) is 12.5. The van der Waals surface area contributed by atoms with Gasteiger partial charge in [0, 0.05) is 45.0 Å². The van der Waals surface area contributed by atoms with Gasteiger partial charge in [0.2, 0.25) is 5.91 Å².